The molecule has 0 nitrogen and oxygen atoms in total. The van der Waals surface area contributed by atoms with E-state index in [1.165, 1.54) is 3.57 Å². The van der Waals surface area contributed by atoms with Gasteiger partial charge in [0.15, 0.2) is 0 Å². The molecule has 0 N–H and O–H groups in total. The van der Waals surface area contributed by atoms with Crippen LogP contribution in [-0.2, 0) is 0 Å². The first-order chi connectivity index (χ1) is 6.91. The summed E-state index contributed by atoms with van der Waals surface area (Å²) in [6, 6.07) is 10.5. The quantitative estimate of drug-likeness (QED) is 0.550. The first-order valence-electron chi connectivity index (χ1n) is 4.69. The standard InChI is InChI=1S/C12H15BrClI/c1-12(2,3)11(14)9-15(13)10-7-5-4-6-8-10/h4-9H,1-3H3/b11-9-. The van der Waals surface area contributed by atoms with Crippen molar-refractivity contribution >= 4 is 41.9 Å². The molecular weight excluding hydrogens is 386 g/mol. The molecule has 1 aromatic carbocycles. The monoisotopic (exact) mass is 400 g/mol. The Morgan fingerprint density at radius 1 is 1.27 bits per heavy atom. The molecule has 0 saturated carbocycles. The van der Waals surface area contributed by atoms with Crippen LogP contribution in [0.25, 0.3) is 0 Å². The van der Waals surface area contributed by atoms with E-state index in [9.17, 15) is 0 Å². The molecule has 0 heterocycles. The number of hydrogen-bond donors (Lipinski definition) is 0. The normalized spacial score (nSPS) is 13.9. The van der Waals surface area contributed by atoms with Crippen LogP contribution in [0.2, 0.25) is 0 Å². The summed E-state index contributed by atoms with van der Waals surface area (Å²) in [5.41, 5.74) is 0.0554. The molecule has 15 heavy (non-hydrogen) atoms. The van der Waals surface area contributed by atoms with Crippen molar-refractivity contribution in [2.75, 3.05) is 0 Å². The molecule has 0 aliphatic rings. The third kappa shape index (κ3) is 4.45. The molecule has 1 rings (SSSR count). The van der Waals surface area contributed by atoms with Gasteiger partial charge in [0, 0.05) is 0 Å². The first-order valence-corrected chi connectivity index (χ1v) is 12.2. The third-order valence-electron chi connectivity index (χ3n) is 1.85. The van der Waals surface area contributed by atoms with Crippen LogP contribution in [0.5, 0.6) is 0 Å². The fourth-order valence-corrected chi connectivity index (χ4v) is 7.44. The Kier molecular flexibility index (Phi) is 5.13. The SMILES string of the molecule is CC(C)(C)/C(Cl)=C/I(Br)c1ccccc1. The second-order valence-electron chi connectivity index (χ2n) is 4.27. The molecular formula is C12H15BrClI. The molecule has 0 atom stereocenters. The van der Waals surface area contributed by atoms with Gasteiger partial charge in [-0.05, 0) is 0 Å². The summed E-state index contributed by atoms with van der Waals surface area (Å²) in [6.45, 7) is 6.40. The van der Waals surface area contributed by atoms with Crippen LogP contribution in [0, 0.1) is 8.99 Å². The zero-order valence-electron chi connectivity index (χ0n) is 9.10. The van der Waals surface area contributed by atoms with Gasteiger partial charge >= 0.3 is 111 Å². The number of benzene rings is 1. The van der Waals surface area contributed by atoms with Gasteiger partial charge in [-0.25, -0.2) is 0 Å². The molecule has 0 spiro atoms. The van der Waals surface area contributed by atoms with Crippen LogP contribution in [0.3, 0.4) is 0 Å². The van der Waals surface area contributed by atoms with E-state index < -0.39 is 17.6 Å². The van der Waals surface area contributed by atoms with Crippen molar-refractivity contribution < 1.29 is 0 Å². The van der Waals surface area contributed by atoms with Crippen molar-refractivity contribution in [1.82, 2.24) is 0 Å². The molecule has 0 aliphatic carbocycles. The van der Waals surface area contributed by atoms with E-state index in [-0.39, 0.29) is 5.41 Å². The van der Waals surface area contributed by atoms with E-state index in [0.717, 1.165) is 5.03 Å². The summed E-state index contributed by atoms with van der Waals surface area (Å²) in [6.07, 6.45) is 0. The molecule has 3 heteroatoms. The Hall–Kier alpha value is 0.460. The van der Waals surface area contributed by atoms with E-state index in [1.54, 1.807) is 0 Å². The van der Waals surface area contributed by atoms with Gasteiger partial charge in [-0.2, -0.15) is 0 Å². The van der Waals surface area contributed by atoms with Crippen LogP contribution in [0.15, 0.2) is 39.4 Å². The Balaban J connectivity index is 2.84. The van der Waals surface area contributed by atoms with Gasteiger partial charge < -0.3 is 0 Å². The Labute approximate surface area is 110 Å². The molecule has 0 fully saturated rings. The van der Waals surface area contributed by atoms with Crippen molar-refractivity contribution in [2.24, 2.45) is 5.41 Å². The first kappa shape index (κ1) is 13.5. The molecule has 0 aromatic heterocycles. The Morgan fingerprint density at radius 2 is 1.80 bits per heavy atom. The molecule has 0 aliphatic heterocycles. The number of rotatable bonds is 2. The van der Waals surface area contributed by atoms with Crippen molar-refractivity contribution in [1.29, 1.82) is 0 Å². The fraction of sp³-hybridized carbons (Fsp3) is 0.333. The molecule has 0 saturated heterocycles. The summed E-state index contributed by atoms with van der Waals surface area (Å²) < 4.78 is 3.59. The topological polar surface area (TPSA) is 0 Å². The summed E-state index contributed by atoms with van der Waals surface area (Å²) in [7, 11) is 0. The molecule has 0 radical (unpaired) electrons. The fourth-order valence-electron chi connectivity index (χ4n) is 0.846. The zero-order valence-corrected chi connectivity index (χ0v) is 13.6. The molecule has 1 aromatic rings. The van der Waals surface area contributed by atoms with E-state index in [0.29, 0.717) is 0 Å². The van der Waals surface area contributed by atoms with Crippen LogP contribution in [0.4, 0.5) is 0 Å². The van der Waals surface area contributed by atoms with Crippen LogP contribution in [0.1, 0.15) is 20.8 Å². The number of halogens is 3. The minimum atomic E-state index is -1.38. The maximum atomic E-state index is 6.27. The number of hydrogen-bond acceptors (Lipinski definition) is 0. The molecule has 0 bridgehead atoms. The minimum absolute atomic E-state index is 0.0554. The van der Waals surface area contributed by atoms with Crippen molar-refractivity contribution in [3.63, 3.8) is 0 Å². The Bertz CT molecular complexity index is 340. The van der Waals surface area contributed by atoms with Gasteiger partial charge in [-0.3, -0.25) is 0 Å². The predicted octanol–water partition coefficient (Wildman–Crippen LogP) is 5.80. The summed E-state index contributed by atoms with van der Waals surface area (Å²) in [4.78, 5) is 0. The third-order valence-corrected chi connectivity index (χ3v) is 9.46. The van der Waals surface area contributed by atoms with Gasteiger partial charge in [-0.15, -0.1) is 0 Å². The van der Waals surface area contributed by atoms with Crippen molar-refractivity contribution in [3.8, 4) is 0 Å². The van der Waals surface area contributed by atoms with Gasteiger partial charge in [0.25, 0.3) is 0 Å². The average molecular weight is 402 g/mol. The van der Waals surface area contributed by atoms with Crippen LogP contribution >= 0.6 is 41.9 Å². The predicted molar refractivity (Wildman–Crippen MR) is 81.5 cm³/mol. The Morgan fingerprint density at radius 3 is 2.27 bits per heavy atom. The second kappa shape index (κ2) is 5.69. The van der Waals surface area contributed by atoms with Crippen molar-refractivity contribution in [2.45, 2.75) is 20.8 Å². The maximum absolute atomic E-state index is 6.27. The summed E-state index contributed by atoms with van der Waals surface area (Å²) in [5, 5.41) is 0.952. The van der Waals surface area contributed by atoms with Crippen LogP contribution < -0.4 is 0 Å². The summed E-state index contributed by atoms with van der Waals surface area (Å²) in [5.74, 6) is 0. The van der Waals surface area contributed by atoms with Gasteiger partial charge in [0.2, 0.25) is 0 Å². The molecule has 0 unspecified atom stereocenters. The average Bonchev–Trinajstić information content (AvgIpc) is 2.17. The van der Waals surface area contributed by atoms with E-state index in [4.69, 9.17) is 11.6 Å². The van der Waals surface area contributed by atoms with Crippen molar-refractivity contribution in [3.05, 3.63) is 43.0 Å². The van der Waals surface area contributed by atoms with Gasteiger partial charge in [-0.1, -0.05) is 0 Å². The van der Waals surface area contributed by atoms with E-state index in [1.807, 2.05) is 6.07 Å². The second-order valence-corrected chi connectivity index (χ2v) is 12.4. The van der Waals surface area contributed by atoms with E-state index >= 15 is 0 Å². The van der Waals surface area contributed by atoms with Gasteiger partial charge in [0.05, 0.1) is 0 Å². The zero-order chi connectivity index (χ0) is 11.5. The van der Waals surface area contributed by atoms with Gasteiger partial charge in [0.1, 0.15) is 0 Å². The molecule has 0 amide bonds. The van der Waals surface area contributed by atoms with E-state index in [2.05, 4.69) is 61.8 Å². The molecule has 84 valence electrons. The summed E-state index contributed by atoms with van der Waals surface area (Å²) >= 11 is 8.67. The number of allylic oxidation sites excluding steroid dienone is 1. The van der Waals surface area contributed by atoms with Crippen LogP contribution in [-0.4, -0.2) is 0 Å².